The van der Waals surface area contributed by atoms with E-state index in [9.17, 15) is 0 Å². The quantitative estimate of drug-likeness (QED) is 0.871. The van der Waals surface area contributed by atoms with Crippen LogP contribution in [0.1, 0.15) is 31.4 Å². The maximum Gasteiger partial charge on any atom is 0.170 e. The molecule has 1 aromatic heterocycles. The summed E-state index contributed by atoms with van der Waals surface area (Å²) in [6.45, 7) is 6.91. The number of benzene rings is 1. The minimum absolute atomic E-state index is 0.442. The summed E-state index contributed by atoms with van der Waals surface area (Å²) in [5, 5.41) is 8.23. The minimum atomic E-state index is 0.442. The third-order valence-corrected chi connectivity index (χ3v) is 4.40. The van der Waals surface area contributed by atoms with Crippen LogP contribution in [-0.2, 0) is 13.7 Å². The van der Waals surface area contributed by atoms with Gasteiger partial charge in [-0.05, 0) is 37.8 Å². The molecule has 0 unspecified atom stereocenters. The zero-order chi connectivity index (χ0) is 15.5. The fraction of sp³-hybridized carbons (Fsp3) is 0.529. The lowest BCUT2D eigenvalue weighted by Crippen LogP contribution is -2.34. The molecule has 0 radical (unpaired) electrons. The molecule has 1 atom stereocenters. The fourth-order valence-electron chi connectivity index (χ4n) is 2.97. The smallest absolute Gasteiger partial charge is 0.170 e. The van der Waals surface area contributed by atoms with E-state index in [1.54, 1.807) is 0 Å². The first kappa shape index (κ1) is 14.9. The molecule has 118 valence electrons. The number of nitrogens with zero attached hydrogens (tertiary/aromatic N) is 4. The first-order valence-electron chi connectivity index (χ1n) is 7.97. The molecule has 2 aromatic rings. The second kappa shape index (κ2) is 6.38. The predicted molar refractivity (Wildman–Crippen MR) is 87.1 cm³/mol. The molecule has 0 spiro atoms. The van der Waals surface area contributed by atoms with Gasteiger partial charge in [-0.25, -0.2) is 0 Å². The van der Waals surface area contributed by atoms with Crippen LogP contribution < -0.4 is 9.64 Å². The Morgan fingerprint density at radius 1 is 1.27 bits per heavy atom. The van der Waals surface area contributed by atoms with Crippen LogP contribution in [0.3, 0.4) is 0 Å². The van der Waals surface area contributed by atoms with Gasteiger partial charge in [0.05, 0.1) is 5.69 Å². The Hall–Kier alpha value is -2.04. The van der Waals surface area contributed by atoms with E-state index in [4.69, 9.17) is 4.74 Å². The molecule has 22 heavy (non-hydrogen) atoms. The number of rotatable bonds is 4. The summed E-state index contributed by atoms with van der Waals surface area (Å²) in [5.74, 6) is 3.41. The second-order valence-electron chi connectivity index (χ2n) is 6.17. The summed E-state index contributed by atoms with van der Waals surface area (Å²) in [6, 6.07) is 8.29. The largest absolute Gasteiger partial charge is 0.483 e. The van der Waals surface area contributed by atoms with Gasteiger partial charge in [0.15, 0.2) is 5.82 Å². The van der Waals surface area contributed by atoms with Crippen LogP contribution in [-0.4, -0.2) is 27.9 Å². The summed E-state index contributed by atoms with van der Waals surface area (Å²) in [4.78, 5) is 2.44. The number of para-hydroxylation sites is 2. The van der Waals surface area contributed by atoms with Crippen molar-refractivity contribution >= 4 is 5.69 Å². The SMILES string of the molecule is Cc1nnc(COc2ccccc2N2CCC[C@H](C)C2)n1C. The number of hydrogen-bond donors (Lipinski definition) is 0. The number of ether oxygens (including phenoxy) is 1. The molecule has 1 aliphatic heterocycles. The van der Waals surface area contributed by atoms with Crippen LogP contribution in [0.15, 0.2) is 24.3 Å². The zero-order valence-corrected chi connectivity index (χ0v) is 13.6. The minimum Gasteiger partial charge on any atom is -0.483 e. The third-order valence-electron chi connectivity index (χ3n) is 4.40. The Bertz CT molecular complexity index is 637. The summed E-state index contributed by atoms with van der Waals surface area (Å²) >= 11 is 0. The van der Waals surface area contributed by atoms with Crippen molar-refractivity contribution in [3.63, 3.8) is 0 Å². The average Bonchev–Trinajstić information content (AvgIpc) is 2.85. The topological polar surface area (TPSA) is 43.2 Å². The van der Waals surface area contributed by atoms with Gasteiger partial charge in [-0.3, -0.25) is 0 Å². The van der Waals surface area contributed by atoms with E-state index in [2.05, 4.69) is 34.2 Å². The average molecular weight is 300 g/mol. The standard InChI is InChI=1S/C17H24N4O/c1-13-7-6-10-21(11-13)15-8-4-5-9-16(15)22-12-17-19-18-14(2)20(17)3/h4-5,8-9,13H,6-7,10-12H2,1-3H3/t13-/m0/s1. The lowest BCUT2D eigenvalue weighted by molar-refractivity contribution is 0.290. The van der Waals surface area contributed by atoms with Crippen molar-refractivity contribution in [2.75, 3.05) is 18.0 Å². The Morgan fingerprint density at radius 2 is 2.09 bits per heavy atom. The lowest BCUT2D eigenvalue weighted by Gasteiger charge is -2.33. The van der Waals surface area contributed by atoms with Crippen LogP contribution in [0.25, 0.3) is 0 Å². The highest BCUT2D eigenvalue weighted by Gasteiger charge is 2.19. The van der Waals surface area contributed by atoms with E-state index in [1.807, 2.05) is 30.7 Å². The van der Waals surface area contributed by atoms with Gasteiger partial charge < -0.3 is 14.2 Å². The van der Waals surface area contributed by atoms with Crippen molar-refractivity contribution in [1.82, 2.24) is 14.8 Å². The van der Waals surface area contributed by atoms with Crippen molar-refractivity contribution in [3.05, 3.63) is 35.9 Å². The van der Waals surface area contributed by atoms with Gasteiger partial charge in [-0.1, -0.05) is 19.1 Å². The van der Waals surface area contributed by atoms with Crippen LogP contribution in [0.5, 0.6) is 5.75 Å². The highest BCUT2D eigenvalue weighted by molar-refractivity contribution is 5.58. The molecule has 1 aliphatic rings. The molecular weight excluding hydrogens is 276 g/mol. The van der Waals surface area contributed by atoms with Crippen molar-refractivity contribution in [1.29, 1.82) is 0 Å². The fourth-order valence-corrected chi connectivity index (χ4v) is 2.97. The van der Waals surface area contributed by atoms with E-state index >= 15 is 0 Å². The van der Waals surface area contributed by atoms with Crippen LogP contribution in [0.4, 0.5) is 5.69 Å². The normalized spacial score (nSPS) is 18.5. The summed E-state index contributed by atoms with van der Waals surface area (Å²) < 4.78 is 8.00. The van der Waals surface area contributed by atoms with Gasteiger partial charge in [0, 0.05) is 20.1 Å². The molecule has 1 saturated heterocycles. The molecule has 0 saturated carbocycles. The molecule has 1 fully saturated rings. The monoisotopic (exact) mass is 300 g/mol. The zero-order valence-electron chi connectivity index (χ0n) is 13.6. The van der Waals surface area contributed by atoms with E-state index in [0.29, 0.717) is 6.61 Å². The van der Waals surface area contributed by atoms with E-state index in [0.717, 1.165) is 36.4 Å². The molecule has 0 amide bonds. The predicted octanol–water partition coefficient (Wildman–Crippen LogP) is 2.94. The molecule has 0 N–H and O–H groups in total. The number of aromatic nitrogens is 3. The second-order valence-corrected chi connectivity index (χ2v) is 6.17. The van der Waals surface area contributed by atoms with Crippen molar-refractivity contribution in [2.24, 2.45) is 13.0 Å². The number of aryl methyl sites for hydroxylation is 1. The maximum atomic E-state index is 6.04. The highest BCUT2D eigenvalue weighted by atomic mass is 16.5. The molecule has 5 nitrogen and oxygen atoms in total. The number of piperidine rings is 1. The molecular formula is C17H24N4O. The molecule has 5 heteroatoms. The van der Waals surface area contributed by atoms with E-state index < -0.39 is 0 Å². The van der Waals surface area contributed by atoms with Crippen molar-refractivity contribution in [3.8, 4) is 5.75 Å². The summed E-state index contributed by atoms with van der Waals surface area (Å²) in [6.07, 6.45) is 2.57. The first-order valence-corrected chi connectivity index (χ1v) is 7.97. The van der Waals surface area contributed by atoms with Gasteiger partial charge in [-0.15, -0.1) is 10.2 Å². The Balaban J connectivity index is 1.75. The van der Waals surface area contributed by atoms with E-state index in [-0.39, 0.29) is 0 Å². The highest BCUT2D eigenvalue weighted by Crippen LogP contribution is 2.31. The molecule has 3 rings (SSSR count). The van der Waals surface area contributed by atoms with Crippen LogP contribution in [0, 0.1) is 12.8 Å². The van der Waals surface area contributed by atoms with Gasteiger partial charge in [-0.2, -0.15) is 0 Å². The Kier molecular flexibility index (Phi) is 4.32. The summed E-state index contributed by atoms with van der Waals surface area (Å²) in [5.41, 5.74) is 1.19. The summed E-state index contributed by atoms with van der Waals surface area (Å²) in [7, 11) is 1.96. The maximum absolute atomic E-state index is 6.04. The van der Waals surface area contributed by atoms with Gasteiger partial charge in [0.25, 0.3) is 0 Å². The van der Waals surface area contributed by atoms with Crippen LogP contribution >= 0.6 is 0 Å². The molecule has 0 aliphatic carbocycles. The lowest BCUT2D eigenvalue weighted by atomic mass is 9.99. The van der Waals surface area contributed by atoms with Gasteiger partial charge in [0.2, 0.25) is 0 Å². The number of hydrogen-bond acceptors (Lipinski definition) is 4. The Labute approximate surface area is 131 Å². The molecule has 1 aromatic carbocycles. The Morgan fingerprint density at radius 3 is 2.82 bits per heavy atom. The van der Waals surface area contributed by atoms with Gasteiger partial charge in [0.1, 0.15) is 18.2 Å². The molecule has 0 bridgehead atoms. The van der Waals surface area contributed by atoms with E-state index in [1.165, 1.54) is 18.5 Å². The first-order chi connectivity index (χ1) is 10.6. The van der Waals surface area contributed by atoms with Gasteiger partial charge >= 0.3 is 0 Å². The third kappa shape index (κ3) is 3.08. The number of anilines is 1. The van der Waals surface area contributed by atoms with Crippen molar-refractivity contribution in [2.45, 2.75) is 33.3 Å². The van der Waals surface area contributed by atoms with Crippen molar-refractivity contribution < 1.29 is 4.74 Å². The van der Waals surface area contributed by atoms with Crippen LogP contribution in [0.2, 0.25) is 0 Å². The molecule has 2 heterocycles.